The Morgan fingerprint density at radius 3 is 1.41 bits per heavy atom. The zero-order chi connectivity index (χ0) is 20.7. The fourth-order valence-electron chi connectivity index (χ4n) is 3.60. The van der Waals surface area contributed by atoms with Crippen molar-refractivity contribution in [3.63, 3.8) is 0 Å². The van der Waals surface area contributed by atoms with Crippen LogP contribution in [0.4, 0.5) is 0 Å². The highest BCUT2D eigenvalue weighted by atomic mass is 16.4. The van der Waals surface area contributed by atoms with Gasteiger partial charge in [-0.3, -0.25) is 14.9 Å². The molecular weight excluding hydrogens is 366 g/mol. The van der Waals surface area contributed by atoms with Gasteiger partial charge in [-0.2, -0.15) is 0 Å². The molecule has 0 aliphatic rings. The molecule has 1 atom stereocenters. The number of hydrogen-bond acceptors (Lipinski definition) is 3. The smallest absolute Gasteiger partial charge is 0.320 e. The van der Waals surface area contributed by atoms with Crippen molar-refractivity contribution in [3.05, 3.63) is 108 Å². The second-order valence-electron chi connectivity index (χ2n) is 6.82. The van der Waals surface area contributed by atoms with E-state index in [0.29, 0.717) is 0 Å². The molecule has 148 valence electrons. The molecule has 0 fully saturated rings. The quantitative estimate of drug-likeness (QED) is 0.484. The third-order valence-corrected chi connectivity index (χ3v) is 4.96. The van der Waals surface area contributed by atoms with Crippen molar-refractivity contribution >= 4 is 11.9 Å². The number of hydrogen-bond donors (Lipinski definition) is 3. The molecule has 3 aromatic carbocycles. The van der Waals surface area contributed by atoms with E-state index in [4.69, 9.17) is 5.11 Å². The average Bonchev–Trinajstić information content (AvgIpc) is 2.75. The molecule has 0 spiro atoms. The van der Waals surface area contributed by atoms with Crippen LogP contribution in [0.2, 0.25) is 0 Å². The van der Waals surface area contributed by atoms with Crippen molar-refractivity contribution in [2.75, 3.05) is 0 Å². The van der Waals surface area contributed by atoms with Crippen molar-refractivity contribution < 1.29 is 19.8 Å². The van der Waals surface area contributed by atoms with Crippen LogP contribution in [0.1, 0.15) is 29.5 Å². The highest BCUT2D eigenvalue weighted by Crippen LogP contribution is 2.37. The lowest BCUT2D eigenvalue weighted by Crippen LogP contribution is -2.52. The number of benzene rings is 3. The van der Waals surface area contributed by atoms with Crippen LogP contribution >= 0.6 is 0 Å². The molecule has 1 unspecified atom stereocenters. The standard InChI is InChI=1S/C24H23NO4/c26-22(27)17-16-21(23(28)29)25-24(18-10-4-1-5-11-18,19-12-6-2-7-13-19)20-14-8-3-9-15-20/h1-15,21,25H,16-17H2,(H,26,27)(H,28,29). The van der Waals surface area contributed by atoms with Crippen LogP contribution in [0.5, 0.6) is 0 Å². The molecule has 0 radical (unpaired) electrons. The van der Waals surface area contributed by atoms with E-state index >= 15 is 0 Å². The first kappa shape index (κ1) is 20.3. The van der Waals surface area contributed by atoms with Gasteiger partial charge in [-0.05, 0) is 23.1 Å². The third-order valence-electron chi connectivity index (χ3n) is 4.96. The maximum atomic E-state index is 12.0. The molecule has 0 amide bonds. The summed E-state index contributed by atoms with van der Waals surface area (Å²) in [6.45, 7) is 0. The number of carbonyl (C=O) groups is 2. The lowest BCUT2D eigenvalue weighted by Gasteiger charge is -2.39. The Morgan fingerprint density at radius 2 is 1.10 bits per heavy atom. The van der Waals surface area contributed by atoms with Gasteiger partial charge in [0.1, 0.15) is 6.04 Å². The monoisotopic (exact) mass is 389 g/mol. The lowest BCUT2D eigenvalue weighted by atomic mass is 9.76. The number of carboxylic acids is 2. The molecule has 0 heterocycles. The maximum Gasteiger partial charge on any atom is 0.320 e. The Labute approximate surface area is 169 Å². The first-order valence-electron chi connectivity index (χ1n) is 9.43. The van der Waals surface area contributed by atoms with E-state index in [9.17, 15) is 14.7 Å². The van der Waals surface area contributed by atoms with Gasteiger partial charge in [-0.15, -0.1) is 0 Å². The zero-order valence-electron chi connectivity index (χ0n) is 15.9. The van der Waals surface area contributed by atoms with Gasteiger partial charge in [0.15, 0.2) is 0 Å². The van der Waals surface area contributed by atoms with Crippen LogP contribution < -0.4 is 5.32 Å². The van der Waals surface area contributed by atoms with Crippen LogP contribution in [-0.4, -0.2) is 28.2 Å². The fourth-order valence-corrected chi connectivity index (χ4v) is 3.60. The van der Waals surface area contributed by atoms with Crippen LogP contribution in [0.15, 0.2) is 91.0 Å². The first-order valence-corrected chi connectivity index (χ1v) is 9.43. The van der Waals surface area contributed by atoms with E-state index in [0.717, 1.165) is 16.7 Å². The first-order chi connectivity index (χ1) is 14.0. The summed E-state index contributed by atoms with van der Waals surface area (Å²) in [5, 5.41) is 22.2. The lowest BCUT2D eigenvalue weighted by molar-refractivity contribution is -0.141. The van der Waals surface area contributed by atoms with Crippen molar-refractivity contribution in [2.24, 2.45) is 0 Å². The molecule has 0 saturated heterocycles. The number of nitrogens with one attached hydrogen (secondary N) is 1. The second-order valence-corrected chi connectivity index (χ2v) is 6.82. The maximum absolute atomic E-state index is 12.0. The summed E-state index contributed by atoms with van der Waals surface area (Å²) in [7, 11) is 0. The summed E-state index contributed by atoms with van der Waals surface area (Å²) in [6.07, 6.45) is -0.267. The largest absolute Gasteiger partial charge is 0.481 e. The Balaban J connectivity index is 2.21. The van der Waals surface area contributed by atoms with Gasteiger partial charge in [-0.1, -0.05) is 91.0 Å². The van der Waals surface area contributed by atoms with E-state index in [2.05, 4.69) is 5.32 Å². The van der Waals surface area contributed by atoms with E-state index in [1.165, 1.54) is 0 Å². The molecule has 0 aromatic heterocycles. The molecule has 5 heteroatoms. The van der Waals surface area contributed by atoms with Gasteiger partial charge >= 0.3 is 11.9 Å². The van der Waals surface area contributed by atoms with Crippen molar-refractivity contribution in [1.29, 1.82) is 0 Å². The van der Waals surface area contributed by atoms with Crippen LogP contribution in [0, 0.1) is 0 Å². The minimum absolute atomic E-state index is 0.0289. The Bertz CT molecular complexity index is 846. The van der Waals surface area contributed by atoms with Crippen molar-refractivity contribution in [2.45, 2.75) is 24.4 Å². The molecule has 5 nitrogen and oxygen atoms in total. The van der Waals surface area contributed by atoms with Crippen molar-refractivity contribution in [3.8, 4) is 0 Å². The van der Waals surface area contributed by atoms with Crippen LogP contribution in [0.3, 0.4) is 0 Å². The van der Waals surface area contributed by atoms with Gasteiger partial charge in [0.2, 0.25) is 0 Å². The number of aliphatic carboxylic acids is 2. The molecule has 3 rings (SSSR count). The molecule has 0 bridgehead atoms. The topological polar surface area (TPSA) is 86.6 Å². The van der Waals surface area contributed by atoms with E-state index in [1.807, 2.05) is 91.0 Å². The predicted molar refractivity (Wildman–Crippen MR) is 111 cm³/mol. The van der Waals surface area contributed by atoms with Gasteiger partial charge in [0.25, 0.3) is 0 Å². The Morgan fingerprint density at radius 1 is 0.724 bits per heavy atom. The Hall–Kier alpha value is -3.44. The minimum Gasteiger partial charge on any atom is -0.481 e. The van der Waals surface area contributed by atoms with Gasteiger partial charge in [0.05, 0.1) is 5.54 Å². The van der Waals surface area contributed by atoms with E-state index in [-0.39, 0.29) is 12.8 Å². The number of rotatable bonds is 9. The minimum atomic E-state index is -1.08. The van der Waals surface area contributed by atoms with Gasteiger partial charge < -0.3 is 10.2 Å². The van der Waals surface area contributed by atoms with E-state index in [1.54, 1.807) is 0 Å². The molecule has 0 saturated carbocycles. The zero-order valence-corrected chi connectivity index (χ0v) is 15.9. The number of carboxylic acid groups (broad SMARTS) is 2. The molecule has 3 N–H and O–H groups in total. The summed E-state index contributed by atoms with van der Waals surface area (Å²) < 4.78 is 0. The SMILES string of the molecule is O=C(O)CCC(NC(c1ccccc1)(c1ccccc1)c1ccccc1)C(=O)O. The van der Waals surface area contributed by atoms with Gasteiger partial charge in [0, 0.05) is 6.42 Å². The molecular formula is C24H23NO4. The molecule has 29 heavy (non-hydrogen) atoms. The summed E-state index contributed by atoms with van der Waals surface area (Å²) in [4.78, 5) is 23.1. The Kier molecular flexibility index (Phi) is 6.42. The summed E-state index contributed by atoms with van der Waals surface area (Å²) >= 11 is 0. The third kappa shape index (κ3) is 4.52. The summed E-state index contributed by atoms with van der Waals surface area (Å²) in [5.74, 6) is -2.11. The van der Waals surface area contributed by atoms with E-state index < -0.39 is 23.5 Å². The molecule has 3 aromatic rings. The molecule has 0 aliphatic heterocycles. The molecule has 0 aliphatic carbocycles. The van der Waals surface area contributed by atoms with Crippen LogP contribution in [0.25, 0.3) is 0 Å². The predicted octanol–water partition coefficient (Wildman–Crippen LogP) is 3.89. The summed E-state index contributed by atoms with van der Waals surface area (Å²) in [6, 6.07) is 27.8. The normalized spacial score (nSPS) is 12.3. The second kappa shape index (κ2) is 9.17. The van der Waals surface area contributed by atoms with Crippen molar-refractivity contribution in [1.82, 2.24) is 5.32 Å². The highest BCUT2D eigenvalue weighted by Gasteiger charge is 2.39. The highest BCUT2D eigenvalue weighted by molar-refractivity contribution is 5.75. The van der Waals surface area contributed by atoms with Gasteiger partial charge in [-0.25, -0.2) is 0 Å². The van der Waals surface area contributed by atoms with Crippen LogP contribution in [-0.2, 0) is 15.1 Å². The summed E-state index contributed by atoms with van der Waals surface area (Å²) in [5.41, 5.74) is 1.67. The average molecular weight is 389 g/mol. The fraction of sp³-hybridized carbons (Fsp3) is 0.167.